The van der Waals surface area contributed by atoms with E-state index in [-0.39, 0.29) is 0 Å². The van der Waals surface area contributed by atoms with Gasteiger partial charge in [0.2, 0.25) is 0 Å². The Hall–Kier alpha value is -6.37. The average molecular weight is 1670 g/mol. The first-order valence-electron chi connectivity index (χ1n) is 43.5. The Morgan fingerprint density at radius 3 is 0.684 bits per heavy atom. The number of benzene rings is 10. The van der Waals surface area contributed by atoms with Gasteiger partial charge in [-0.15, -0.1) is 34.1 Å². The molecule has 0 spiro atoms. The molecule has 10 aromatic rings. The van der Waals surface area contributed by atoms with Crippen molar-refractivity contribution in [2.75, 3.05) is 0 Å². The number of rotatable bonds is 16. The smallest absolute Gasteiger partial charge is 0.399 e. The van der Waals surface area contributed by atoms with Gasteiger partial charge in [0.05, 0.1) is 11.2 Å². The highest BCUT2D eigenvalue weighted by Crippen LogP contribution is 2.49. The number of hydrogen-bond acceptors (Lipinski definition) is 2. The van der Waals surface area contributed by atoms with Crippen LogP contribution in [0, 0.1) is 57.8 Å². The monoisotopic (exact) mass is 1660 g/mol. The second kappa shape index (κ2) is 35.7. The van der Waals surface area contributed by atoms with Crippen molar-refractivity contribution in [2.24, 2.45) is 0 Å². The molecule has 1 aliphatic rings. The van der Waals surface area contributed by atoms with Gasteiger partial charge in [-0.05, 0) is 263 Å². The van der Waals surface area contributed by atoms with Crippen LogP contribution >= 0.6 is 15.9 Å². The highest BCUT2D eigenvalue weighted by atomic mass is 79.9. The number of terminal acetylenes is 1. The highest BCUT2D eigenvalue weighted by molar-refractivity contribution is 9.10. The lowest BCUT2D eigenvalue weighted by molar-refractivity contribution is 0.00578. The molecule has 0 atom stereocenters. The third kappa shape index (κ3) is 16.9. The number of halogens is 1. The molecule has 0 unspecified atom stereocenters. The zero-order valence-corrected chi connectivity index (χ0v) is 83.3. The lowest BCUT2D eigenvalue weighted by Crippen LogP contribution is -2.43. The van der Waals surface area contributed by atoms with Crippen molar-refractivity contribution in [1.82, 2.24) is 0 Å². The molecular weight excluding hydrogens is 1520 g/mol. The minimum Gasteiger partial charge on any atom is -0.399 e. The van der Waals surface area contributed by atoms with Crippen molar-refractivity contribution < 1.29 is 9.31 Å². The van der Waals surface area contributed by atoms with Gasteiger partial charge < -0.3 is 9.31 Å². The van der Waals surface area contributed by atoms with Crippen LogP contribution < -0.4 is 5.46 Å². The molecular formula is C105H140BBrO2Si5. The minimum atomic E-state index is -2.05. The summed E-state index contributed by atoms with van der Waals surface area (Å²) in [4.78, 5) is 0. The molecule has 0 aliphatic carbocycles. The van der Waals surface area contributed by atoms with Gasteiger partial charge in [0, 0.05) is 26.7 Å². The largest absolute Gasteiger partial charge is 0.494 e. The number of fused-ring (bicyclic) bond motifs is 8. The highest BCUT2D eigenvalue weighted by Gasteiger charge is 2.52. The fourth-order valence-electron chi connectivity index (χ4n) is 21.9. The van der Waals surface area contributed by atoms with Gasteiger partial charge >= 0.3 is 7.12 Å². The van der Waals surface area contributed by atoms with Crippen molar-refractivity contribution in [3.8, 4) is 57.8 Å². The molecule has 0 N–H and O–H groups in total. The van der Waals surface area contributed by atoms with E-state index in [0.29, 0.717) is 83.1 Å². The first-order valence-corrected chi connectivity index (χ1v) is 55.5. The normalized spacial score (nSPS) is 14.3. The Morgan fingerprint density at radius 1 is 0.272 bits per heavy atom. The molecule has 0 amide bonds. The van der Waals surface area contributed by atoms with Crippen LogP contribution in [0.5, 0.6) is 0 Å². The maximum absolute atomic E-state index is 6.54. The van der Waals surface area contributed by atoms with Gasteiger partial charge in [0.25, 0.3) is 0 Å². The van der Waals surface area contributed by atoms with E-state index in [0.717, 1.165) is 37.6 Å². The SMILES string of the molecule is C#C[Si](C(C)C)(C(C)C)C(C)C.CC(C)[Si](C#Cc1c2cc3ccccc3cc2c(C#C[Si](C(C)C)(C(C)C)C(C)C)c2cc3cc(B4OC(C)(C)C(C)(C)O4)ccc3cc12)(C(C)C)C(C)C.CC(C)[Si](C#Cc1c2cc3ccccc3cc2c(C#C[Si](C(C)C)(C(C)C)C(C)C)c2cc3cc(Br)ccc3cc12)(C(C)C)C(C)C. The molecule has 1 fully saturated rings. The molecule has 10 aromatic carbocycles. The zero-order chi connectivity index (χ0) is 84.8. The minimum absolute atomic E-state index is 0.409. The molecule has 1 aliphatic heterocycles. The molecule has 11 rings (SSSR count). The molecule has 0 bridgehead atoms. The fraction of sp³-hybridized carbons (Fsp3) is 0.486. The summed E-state index contributed by atoms with van der Waals surface area (Å²) in [5.41, 5.74) is 33.2. The van der Waals surface area contributed by atoms with Gasteiger partial charge in [-0.25, -0.2) is 0 Å². The molecule has 2 nitrogen and oxygen atoms in total. The third-order valence-corrected chi connectivity index (χ3v) is 60.5. The first-order chi connectivity index (χ1) is 53.2. The van der Waals surface area contributed by atoms with E-state index in [1.165, 1.54) is 80.8 Å². The molecule has 114 heavy (non-hydrogen) atoms. The second-order valence-electron chi connectivity index (χ2n) is 39.6. The van der Waals surface area contributed by atoms with E-state index in [1.54, 1.807) is 0 Å². The van der Waals surface area contributed by atoms with Crippen LogP contribution in [0.2, 0.25) is 83.1 Å². The summed E-state index contributed by atoms with van der Waals surface area (Å²) in [7, 11) is -9.96. The summed E-state index contributed by atoms with van der Waals surface area (Å²) in [6.45, 7) is 79.9. The van der Waals surface area contributed by atoms with Gasteiger partial charge in [-0.2, -0.15) is 0 Å². The van der Waals surface area contributed by atoms with E-state index in [2.05, 4.69) is 436 Å². The summed E-state index contributed by atoms with van der Waals surface area (Å²) in [5.74, 6) is 16.0. The summed E-state index contributed by atoms with van der Waals surface area (Å²) < 4.78 is 14.2. The van der Waals surface area contributed by atoms with Gasteiger partial charge in [-0.3, -0.25) is 0 Å². The topological polar surface area (TPSA) is 18.5 Å². The fourth-order valence-corrected chi connectivity index (χ4v) is 48.1. The summed E-state index contributed by atoms with van der Waals surface area (Å²) in [6, 6.07) is 50.0. The van der Waals surface area contributed by atoms with Crippen molar-refractivity contribution in [3.05, 3.63) is 160 Å². The molecule has 0 saturated carbocycles. The molecule has 1 saturated heterocycles. The van der Waals surface area contributed by atoms with Crippen LogP contribution in [-0.2, 0) is 9.31 Å². The quantitative estimate of drug-likeness (QED) is 0.0545. The van der Waals surface area contributed by atoms with Gasteiger partial charge in [-0.1, -0.05) is 320 Å². The van der Waals surface area contributed by atoms with Crippen LogP contribution in [0.25, 0.3) is 86.2 Å². The number of hydrogen-bond donors (Lipinski definition) is 0. The second-order valence-corrected chi connectivity index (χ2v) is 68.5. The van der Waals surface area contributed by atoms with Crippen LogP contribution in [0.3, 0.4) is 0 Å². The summed E-state index contributed by atoms with van der Waals surface area (Å²) >= 11 is 3.75. The van der Waals surface area contributed by atoms with E-state index in [9.17, 15) is 0 Å². The van der Waals surface area contributed by atoms with E-state index >= 15 is 0 Å². The Morgan fingerprint density at radius 2 is 0.474 bits per heavy atom. The molecule has 1 heterocycles. The lowest BCUT2D eigenvalue weighted by atomic mass is 9.78. The lowest BCUT2D eigenvalue weighted by Gasteiger charge is -2.38. The van der Waals surface area contributed by atoms with Crippen LogP contribution in [-0.4, -0.2) is 58.7 Å². The van der Waals surface area contributed by atoms with Crippen molar-refractivity contribution in [3.63, 3.8) is 0 Å². The Kier molecular flexibility index (Phi) is 28.6. The molecule has 0 radical (unpaired) electrons. The molecule has 9 heteroatoms. The molecule has 0 aromatic heterocycles. The maximum atomic E-state index is 6.54. The van der Waals surface area contributed by atoms with Gasteiger partial charge in [0.15, 0.2) is 0 Å². The van der Waals surface area contributed by atoms with E-state index in [4.69, 9.17) is 15.7 Å². The maximum Gasteiger partial charge on any atom is 0.494 e. The third-order valence-electron chi connectivity index (χ3n) is 28.6. The van der Waals surface area contributed by atoms with Crippen LogP contribution in [0.1, 0.15) is 258 Å². The van der Waals surface area contributed by atoms with E-state index in [1.807, 2.05) is 0 Å². The zero-order valence-electron chi connectivity index (χ0n) is 76.7. The van der Waals surface area contributed by atoms with Crippen molar-refractivity contribution in [2.45, 2.75) is 330 Å². The average Bonchev–Trinajstić information content (AvgIpc) is 0.776. The Bertz CT molecular complexity index is 5410. The van der Waals surface area contributed by atoms with Crippen LogP contribution in [0.15, 0.2) is 138 Å². The van der Waals surface area contributed by atoms with Gasteiger partial charge in [0.1, 0.15) is 40.4 Å². The molecule has 602 valence electrons. The first kappa shape index (κ1) is 91.5. The summed E-state index contributed by atoms with van der Waals surface area (Å²) in [5, 5.41) is 19.5. The standard InChI is InChI=1S/C50H65BO2Si2.C44H53BrSi2.C11H22Si/c1-32(2)54(33(3)4,34(5)6)25-23-43-45-28-38-19-17-18-20-39(38)29-46(45)44(24-26-55(35(7)8,36(9)10)37(11)12)48-31-41-27-42(22-21-40(41)30-47(43)48)51-52-49(13,14)50(15,16)53-51;1-28(2)46(29(3)4,30(5)6)21-19-39-41-24-34-15-13-14-16-35(34)25-42(41)40(20-22-47(31(7)8,32(9)10)33(11)12)44-27-37-23-38(45)18-17-36(37)26-43(39)44;1-8-12(9(2)3,10(4)5)11(6)7/h17-22,27-37H,1-16H3;13-18,23-33H,1-12H3;1,9-11H,2-7H3. The Labute approximate surface area is 706 Å². The van der Waals surface area contributed by atoms with Crippen molar-refractivity contribution >= 4 is 155 Å². The predicted molar refractivity (Wildman–Crippen MR) is 528 cm³/mol. The summed E-state index contributed by atoms with van der Waals surface area (Å²) in [6.07, 6.45) is 5.72. The van der Waals surface area contributed by atoms with E-state index < -0.39 is 58.7 Å². The van der Waals surface area contributed by atoms with Crippen molar-refractivity contribution in [1.29, 1.82) is 0 Å². The van der Waals surface area contributed by atoms with Crippen LogP contribution in [0.4, 0.5) is 0 Å². The predicted octanol–water partition coefficient (Wildman–Crippen LogP) is 31.8. The Balaban J connectivity index is 0.000000230.